The van der Waals surface area contributed by atoms with E-state index in [4.69, 9.17) is 4.74 Å². The summed E-state index contributed by atoms with van der Waals surface area (Å²) in [5.41, 5.74) is 0.688. The molecule has 1 aromatic rings. The van der Waals surface area contributed by atoms with E-state index >= 15 is 0 Å². The molecule has 2 heterocycles. The molecule has 1 saturated heterocycles. The molecule has 2 atom stereocenters. The zero-order valence-corrected chi connectivity index (χ0v) is 14.3. The first kappa shape index (κ1) is 16.0. The summed E-state index contributed by atoms with van der Waals surface area (Å²) in [6, 6.07) is 1.71. The van der Waals surface area contributed by atoms with Crippen molar-refractivity contribution in [2.75, 3.05) is 26.3 Å². The Labute approximate surface area is 143 Å². The van der Waals surface area contributed by atoms with Crippen LogP contribution in [0.3, 0.4) is 0 Å². The van der Waals surface area contributed by atoms with Crippen molar-refractivity contribution < 1.29 is 9.53 Å². The number of likely N-dealkylation sites (tertiary alicyclic amines) is 1. The van der Waals surface area contributed by atoms with Crippen molar-refractivity contribution in [3.63, 3.8) is 0 Å². The van der Waals surface area contributed by atoms with Gasteiger partial charge in [-0.15, -0.1) is 0 Å². The van der Waals surface area contributed by atoms with Gasteiger partial charge in [0.15, 0.2) is 0 Å². The summed E-state index contributed by atoms with van der Waals surface area (Å²) in [4.78, 5) is 22.7. The van der Waals surface area contributed by atoms with Gasteiger partial charge in [0.1, 0.15) is 12.0 Å². The van der Waals surface area contributed by atoms with E-state index in [-0.39, 0.29) is 11.3 Å². The van der Waals surface area contributed by atoms with Crippen LogP contribution in [0.25, 0.3) is 0 Å². The fraction of sp³-hybridized carbons (Fsp3) is 0.737. The highest BCUT2D eigenvalue weighted by molar-refractivity contribution is 5.92. The minimum atomic E-state index is 0.0435. The molecule has 24 heavy (non-hydrogen) atoms. The summed E-state index contributed by atoms with van der Waals surface area (Å²) >= 11 is 0. The van der Waals surface area contributed by atoms with Gasteiger partial charge in [-0.2, -0.15) is 0 Å². The van der Waals surface area contributed by atoms with Crippen molar-refractivity contribution in [3.8, 4) is 0 Å². The minimum absolute atomic E-state index is 0.0435. The maximum Gasteiger partial charge on any atom is 0.272 e. The average Bonchev–Trinajstić information content (AvgIpc) is 3.31. The van der Waals surface area contributed by atoms with E-state index in [1.54, 1.807) is 12.3 Å². The molecule has 4 rings (SSSR count). The van der Waals surface area contributed by atoms with Crippen LogP contribution in [0.4, 0.5) is 0 Å². The van der Waals surface area contributed by atoms with Crippen LogP contribution < -0.4 is 0 Å². The van der Waals surface area contributed by atoms with Gasteiger partial charge in [0.25, 0.3) is 5.91 Å². The van der Waals surface area contributed by atoms with E-state index in [0.29, 0.717) is 11.6 Å². The van der Waals surface area contributed by atoms with E-state index in [1.807, 2.05) is 4.90 Å². The van der Waals surface area contributed by atoms with Crippen molar-refractivity contribution in [2.24, 2.45) is 17.3 Å². The molecule has 0 bridgehead atoms. The molecule has 5 heteroatoms. The van der Waals surface area contributed by atoms with Crippen molar-refractivity contribution in [1.29, 1.82) is 0 Å². The molecule has 0 unspecified atom stereocenters. The number of hydrogen-bond acceptors (Lipinski definition) is 4. The Morgan fingerprint density at radius 1 is 1.29 bits per heavy atom. The van der Waals surface area contributed by atoms with Crippen LogP contribution >= 0.6 is 0 Å². The van der Waals surface area contributed by atoms with E-state index in [2.05, 4.69) is 9.97 Å². The summed E-state index contributed by atoms with van der Waals surface area (Å²) in [6.07, 6.45) is 12.2. The smallest absolute Gasteiger partial charge is 0.272 e. The predicted octanol–water partition coefficient (Wildman–Crippen LogP) is 2.93. The molecular formula is C19H27N3O2. The molecule has 1 amide bonds. The van der Waals surface area contributed by atoms with Crippen LogP contribution in [-0.4, -0.2) is 47.1 Å². The molecule has 1 aromatic heterocycles. The highest BCUT2D eigenvalue weighted by atomic mass is 16.5. The molecule has 0 radical (unpaired) electrons. The zero-order valence-electron chi connectivity index (χ0n) is 14.3. The number of aromatic nitrogens is 2. The van der Waals surface area contributed by atoms with Crippen LogP contribution in [0.2, 0.25) is 0 Å². The number of amides is 1. The molecule has 3 aliphatic rings. The fourth-order valence-corrected chi connectivity index (χ4v) is 4.99. The SMILES string of the molecule is O=C(c1ccncn1)N1C[C@H]2CCC[C@@]2(COCC2CCCC2)C1. The number of nitrogens with zero attached hydrogens (tertiary/aromatic N) is 3. The summed E-state index contributed by atoms with van der Waals surface area (Å²) in [7, 11) is 0. The van der Waals surface area contributed by atoms with Gasteiger partial charge >= 0.3 is 0 Å². The second kappa shape index (κ2) is 6.79. The lowest BCUT2D eigenvalue weighted by atomic mass is 9.81. The van der Waals surface area contributed by atoms with Crippen LogP contribution in [0, 0.1) is 17.3 Å². The van der Waals surface area contributed by atoms with E-state index in [9.17, 15) is 4.79 Å². The Hall–Kier alpha value is -1.49. The van der Waals surface area contributed by atoms with Gasteiger partial charge in [-0.05, 0) is 43.6 Å². The molecule has 2 saturated carbocycles. The third-order valence-electron chi connectivity index (χ3n) is 6.35. The third kappa shape index (κ3) is 3.06. The second-order valence-corrected chi connectivity index (χ2v) is 7.90. The molecule has 2 aliphatic carbocycles. The van der Waals surface area contributed by atoms with Gasteiger partial charge in [0.2, 0.25) is 0 Å². The predicted molar refractivity (Wildman–Crippen MR) is 90.5 cm³/mol. The summed E-state index contributed by atoms with van der Waals surface area (Å²) in [5.74, 6) is 1.40. The fourth-order valence-electron chi connectivity index (χ4n) is 4.99. The lowest BCUT2D eigenvalue weighted by molar-refractivity contribution is 0.0195. The number of fused-ring (bicyclic) bond motifs is 1. The van der Waals surface area contributed by atoms with Gasteiger partial charge < -0.3 is 9.64 Å². The van der Waals surface area contributed by atoms with E-state index in [0.717, 1.165) is 32.2 Å². The van der Waals surface area contributed by atoms with E-state index < -0.39 is 0 Å². The Balaban J connectivity index is 1.38. The summed E-state index contributed by atoms with van der Waals surface area (Å²) in [6.45, 7) is 3.41. The second-order valence-electron chi connectivity index (χ2n) is 7.90. The summed E-state index contributed by atoms with van der Waals surface area (Å²) in [5, 5.41) is 0. The van der Waals surface area contributed by atoms with Crippen LogP contribution in [0.5, 0.6) is 0 Å². The molecular weight excluding hydrogens is 302 g/mol. The Kier molecular flexibility index (Phi) is 4.53. The van der Waals surface area contributed by atoms with Gasteiger partial charge in [0.05, 0.1) is 6.61 Å². The van der Waals surface area contributed by atoms with Crippen molar-refractivity contribution in [1.82, 2.24) is 14.9 Å². The van der Waals surface area contributed by atoms with Gasteiger partial charge in [0, 0.05) is 31.3 Å². The Morgan fingerprint density at radius 3 is 2.96 bits per heavy atom. The van der Waals surface area contributed by atoms with E-state index in [1.165, 1.54) is 51.3 Å². The van der Waals surface area contributed by atoms with Crippen LogP contribution in [0.15, 0.2) is 18.6 Å². The van der Waals surface area contributed by atoms with Crippen LogP contribution in [0.1, 0.15) is 55.4 Å². The molecule has 1 aliphatic heterocycles. The van der Waals surface area contributed by atoms with Crippen molar-refractivity contribution in [3.05, 3.63) is 24.3 Å². The zero-order chi connectivity index (χ0) is 16.4. The molecule has 5 nitrogen and oxygen atoms in total. The normalized spacial score (nSPS) is 30.0. The quantitative estimate of drug-likeness (QED) is 0.833. The molecule has 0 aromatic carbocycles. The molecule has 130 valence electrons. The van der Waals surface area contributed by atoms with Gasteiger partial charge in [-0.25, -0.2) is 9.97 Å². The van der Waals surface area contributed by atoms with Crippen molar-refractivity contribution >= 4 is 5.91 Å². The summed E-state index contributed by atoms with van der Waals surface area (Å²) < 4.78 is 6.18. The Morgan fingerprint density at radius 2 is 2.17 bits per heavy atom. The maximum absolute atomic E-state index is 12.7. The Bertz CT molecular complexity index is 573. The number of carbonyl (C=O) groups is 1. The standard InChI is InChI=1S/C19H27N3O2/c23-18(17-7-9-20-14-21-17)22-10-16-6-3-8-19(16,12-22)13-24-11-15-4-1-2-5-15/h7,9,14-16H,1-6,8,10-13H2/t16-,19+/m1/s1. The first-order valence-electron chi connectivity index (χ1n) is 9.40. The molecule has 0 spiro atoms. The monoisotopic (exact) mass is 329 g/mol. The largest absolute Gasteiger partial charge is 0.381 e. The average molecular weight is 329 g/mol. The molecule has 0 N–H and O–H groups in total. The highest BCUT2D eigenvalue weighted by Gasteiger charge is 2.51. The van der Waals surface area contributed by atoms with Gasteiger partial charge in [-0.1, -0.05) is 19.3 Å². The number of ether oxygens (including phenoxy) is 1. The number of carbonyl (C=O) groups excluding carboxylic acids is 1. The number of hydrogen-bond donors (Lipinski definition) is 0. The first-order valence-corrected chi connectivity index (χ1v) is 9.40. The molecule has 3 fully saturated rings. The van der Waals surface area contributed by atoms with Gasteiger partial charge in [-0.3, -0.25) is 4.79 Å². The minimum Gasteiger partial charge on any atom is -0.381 e. The highest BCUT2D eigenvalue weighted by Crippen LogP contribution is 2.49. The van der Waals surface area contributed by atoms with Crippen LogP contribution in [-0.2, 0) is 4.74 Å². The lowest BCUT2D eigenvalue weighted by Crippen LogP contribution is -2.35. The first-order chi connectivity index (χ1) is 11.8. The topological polar surface area (TPSA) is 55.3 Å². The number of rotatable bonds is 5. The third-order valence-corrected chi connectivity index (χ3v) is 6.35. The van der Waals surface area contributed by atoms with Crippen molar-refractivity contribution in [2.45, 2.75) is 44.9 Å². The lowest BCUT2D eigenvalue weighted by Gasteiger charge is -2.29. The maximum atomic E-state index is 12.7.